The molecule has 0 radical (unpaired) electrons. The van der Waals surface area contributed by atoms with Crippen molar-refractivity contribution < 1.29 is 22.3 Å². The summed E-state index contributed by atoms with van der Waals surface area (Å²) in [6.07, 6.45) is 5.87. The Morgan fingerprint density at radius 3 is 2.69 bits per heavy atom. The Morgan fingerprint density at radius 1 is 1.23 bits per heavy atom. The quantitative estimate of drug-likeness (QED) is 0.803. The Kier molecular flexibility index (Phi) is 4.37. The van der Waals surface area contributed by atoms with Gasteiger partial charge in [0.25, 0.3) is 0 Å². The van der Waals surface area contributed by atoms with Crippen LogP contribution in [0.25, 0.3) is 0 Å². The lowest BCUT2D eigenvalue weighted by Crippen LogP contribution is -2.67. The van der Waals surface area contributed by atoms with Crippen molar-refractivity contribution in [2.45, 2.75) is 29.4 Å². The Balaban J connectivity index is 1.41. The van der Waals surface area contributed by atoms with Crippen molar-refractivity contribution in [2.24, 2.45) is 0 Å². The third kappa shape index (κ3) is 3.29. The van der Waals surface area contributed by atoms with E-state index in [0.29, 0.717) is 25.3 Å². The van der Waals surface area contributed by atoms with Crippen LogP contribution in [0.3, 0.4) is 0 Å². The minimum absolute atomic E-state index is 0.0805. The van der Waals surface area contributed by atoms with Crippen molar-refractivity contribution >= 4 is 10.0 Å². The first-order valence-electron chi connectivity index (χ1n) is 8.29. The number of nitrogens with zero attached hydrogens (tertiary/aromatic N) is 3. The Morgan fingerprint density at radius 2 is 2.00 bits per heavy atom. The molecule has 4 rings (SSSR count). The molecule has 2 aliphatic rings. The second kappa shape index (κ2) is 6.57. The minimum atomic E-state index is -3.65. The molecule has 9 heteroatoms. The molecular formula is C17H18FN3O4S. The maximum absolute atomic E-state index is 13.0. The van der Waals surface area contributed by atoms with Gasteiger partial charge in [-0.2, -0.15) is 4.31 Å². The molecule has 3 heterocycles. The molecule has 0 saturated carbocycles. The molecule has 1 spiro atoms. The van der Waals surface area contributed by atoms with Gasteiger partial charge in [-0.25, -0.2) is 17.8 Å². The smallest absolute Gasteiger partial charge is 0.243 e. The highest BCUT2D eigenvalue weighted by atomic mass is 32.2. The van der Waals surface area contributed by atoms with Crippen LogP contribution >= 0.6 is 0 Å². The number of sulfonamides is 1. The number of hydrogen-bond donors (Lipinski definition) is 0. The molecule has 2 aliphatic heterocycles. The highest BCUT2D eigenvalue weighted by Gasteiger charge is 2.52. The molecule has 0 bridgehead atoms. The predicted molar refractivity (Wildman–Crippen MR) is 89.5 cm³/mol. The maximum Gasteiger partial charge on any atom is 0.243 e. The molecule has 1 aromatic heterocycles. The molecule has 2 aromatic rings. The molecule has 2 fully saturated rings. The van der Waals surface area contributed by atoms with E-state index in [9.17, 15) is 12.8 Å². The van der Waals surface area contributed by atoms with Crippen molar-refractivity contribution in [1.29, 1.82) is 0 Å². The minimum Gasteiger partial charge on any atom is -0.473 e. The van der Waals surface area contributed by atoms with Gasteiger partial charge < -0.3 is 9.47 Å². The fraction of sp³-hybridized carbons (Fsp3) is 0.412. The molecule has 1 aromatic carbocycles. The average molecular weight is 379 g/mol. The normalized spacial score (nSPS) is 22.7. The van der Waals surface area contributed by atoms with Gasteiger partial charge in [-0.3, -0.25) is 4.98 Å². The summed E-state index contributed by atoms with van der Waals surface area (Å²) in [6.45, 7) is 1.01. The summed E-state index contributed by atoms with van der Waals surface area (Å²) < 4.78 is 51.3. The first-order chi connectivity index (χ1) is 12.5. The van der Waals surface area contributed by atoms with Gasteiger partial charge in [-0.15, -0.1) is 0 Å². The molecule has 1 atom stereocenters. The monoisotopic (exact) mass is 379 g/mol. The number of halogens is 1. The highest BCUT2D eigenvalue weighted by molar-refractivity contribution is 7.89. The highest BCUT2D eigenvalue weighted by Crippen LogP contribution is 2.38. The van der Waals surface area contributed by atoms with E-state index in [0.717, 1.165) is 12.1 Å². The topological polar surface area (TPSA) is 81.6 Å². The summed E-state index contributed by atoms with van der Waals surface area (Å²) in [7, 11) is -3.65. The van der Waals surface area contributed by atoms with Crippen molar-refractivity contribution in [2.75, 3.05) is 19.7 Å². The van der Waals surface area contributed by atoms with E-state index >= 15 is 0 Å². The second-order valence-corrected chi connectivity index (χ2v) is 8.47. The molecule has 0 N–H and O–H groups in total. The number of hydrogen-bond acceptors (Lipinski definition) is 6. The van der Waals surface area contributed by atoms with Crippen LogP contribution in [0.1, 0.15) is 12.8 Å². The molecule has 138 valence electrons. The lowest BCUT2D eigenvalue weighted by atomic mass is 9.86. The predicted octanol–water partition coefficient (Wildman–Crippen LogP) is 1.62. The fourth-order valence-electron chi connectivity index (χ4n) is 3.34. The van der Waals surface area contributed by atoms with E-state index in [-0.39, 0.29) is 24.1 Å². The number of rotatable bonds is 4. The van der Waals surface area contributed by atoms with Gasteiger partial charge in [-0.1, -0.05) is 0 Å². The van der Waals surface area contributed by atoms with Crippen molar-refractivity contribution in [3.05, 3.63) is 48.7 Å². The van der Waals surface area contributed by atoms with Crippen LogP contribution in [0, 0.1) is 5.82 Å². The van der Waals surface area contributed by atoms with Crippen molar-refractivity contribution in [3.63, 3.8) is 0 Å². The third-order valence-electron chi connectivity index (χ3n) is 4.66. The van der Waals surface area contributed by atoms with Crippen LogP contribution in [0.5, 0.6) is 5.88 Å². The zero-order valence-electron chi connectivity index (χ0n) is 13.9. The van der Waals surface area contributed by atoms with Crippen molar-refractivity contribution in [3.8, 4) is 5.88 Å². The molecular weight excluding hydrogens is 361 g/mol. The van der Waals surface area contributed by atoms with Crippen LogP contribution in [0.4, 0.5) is 4.39 Å². The van der Waals surface area contributed by atoms with Gasteiger partial charge in [0.2, 0.25) is 15.9 Å². The number of benzene rings is 1. The van der Waals surface area contributed by atoms with E-state index < -0.39 is 21.4 Å². The summed E-state index contributed by atoms with van der Waals surface area (Å²) in [5, 5.41) is 0. The largest absolute Gasteiger partial charge is 0.473 e. The van der Waals surface area contributed by atoms with E-state index in [1.54, 1.807) is 18.6 Å². The molecule has 0 amide bonds. The Bertz CT molecular complexity index is 871. The molecule has 7 nitrogen and oxygen atoms in total. The fourth-order valence-corrected chi connectivity index (χ4v) is 4.93. The van der Waals surface area contributed by atoms with Crippen LogP contribution < -0.4 is 4.74 Å². The number of ether oxygens (including phenoxy) is 2. The van der Waals surface area contributed by atoms with Gasteiger partial charge in [0.15, 0.2) is 0 Å². The second-order valence-electron chi connectivity index (χ2n) is 6.53. The standard InChI is InChI=1S/C17H18FN3O4S/c18-13-1-3-15(4-2-13)26(22,23)21-11-17(12-21)9-14(5-8-24-17)25-16-10-19-6-7-20-16/h1-4,6-7,10,14H,5,8-9,11-12H2/t14-/m1/s1. The van der Waals surface area contributed by atoms with Crippen LogP contribution in [0.15, 0.2) is 47.8 Å². The van der Waals surface area contributed by atoms with Crippen LogP contribution in [0.2, 0.25) is 0 Å². The summed E-state index contributed by atoms with van der Waals surface area (Å²) in [4.78, 5) is 8.16. The zero-order chi connectivity index (χ0) is 18.2. The van der Waals surface area contributed by atoms with Gasteiger partial charge in [0.1, 0.15) is 11.9 Å². The zero-order valence-corrected chi connectivity index (χ0v) is 14.7. The SMILES string of the molecule is O=S(=O)(c1ccc(F)cc1)N1CC2(C[C@H](Oc3cnccn3)CCO2)C1. The molecule has 0 aliphatic carbocycles. The van der Waals surface area contributed by atoms with Crippen LogP contribution in [-0.2, 0) is 14.8 Å². The Hall–Kier alpha value is -2.10. The average Bonchev–Trinajstić information content (AvgIpc) is 2.61. The molecule has 26 heavy (non-hydrogen) atoms. The molecule has 2 saturated heterocycles. The Labute approximate surface area is 150 Å². The first-order valence-corrected chi connectivity index (χ1v) is 9.73. The van der Waals surface area contributed by atoms with E-state index in [1.807, 2.05) is 0 Å². The summed E-state index contributed by atoms with van der Waals surface area (Å²) >= 11 is 0. The van der Waals surface area contributed by atoms with Gasteiger partial charge in [0.05, 0.1) is 23.3 Å². The van der Waals surface area contributed by atoms with Crippen molar-refractivity contribution in [1.82, 2.24) is 14.3 Å². The van der Waals surface area contributed by atoms with Gasteiger partial charge >= 0.3 is 0 Å². The van der Waals surface area contributed by atoms with Crippen LogP contribution in [-0.4, -0.2) is 54.1 Å². The maximum atomic E-state index is 13.0. The summed E-state index contributed by atoms with van der Waals surface area (Å²) in [5.41, 5.74) is -0.543. The van der Waals surface area contributed by atoms with Gasteiger partial charge in [-0.05, 0) is 24.3 Å². The molecule has 0 unspecified atom stereocenters. The lowest BCUT2D eigenvalue weighted by Gasteiger charge is -2.51. The van der Waals surface area contributed by atoms with Gasteiger partial charge in [0, 0.05) is 38.3 Å². The van der Waals surface area contributed by atoms with E-state index in [1.165, 1.54) is 16.4 Å². The third-order valence-corrected chi connectivity index (χ3v) is 6.46. The van der Waals surface area contributed by atoms with E-state index in [2.05, 4.69) is 9.97 Å². The summed E-state index contributed by atoms with van der Waals surface area (Å²) in [6, 6.07) is 4.84. The number of aromatic nitrogens is 2. The first kappa shape index (κ1) is 17.3. The summed E-state index contributed by atoms with van der Waals surface area (Å²) in [5.74, 6) is -0.0201. The van der Waals surface area contributed by atoms with E-state index in [4.69, 9.17) is 9.47 Å². The lowest BCUT2D eigenvalue weighted by molar-refractivity contribution is -0.165.